The molecular formula is C23H18ClN3O3. The van der Waals surface area contributed by atoms with Gasteiger partial charge in [0.15, 0.2) is 0 Å². The van der Waals surface area contributed by atoms with Crippen molar-refractivity contribution in [3.8, 4) is 5.69 Å². The number of fused-ring (bicyclic) bond motifs is 1. The summed E-state index contributed by atoms with van der Waals surface area (Å²) in [6.07, 6.45) is 0. The van der Waals surface area contributed by atoms with Crippen molar-refractivity contribution in [1.82, 2.24) is 9.55 Å². The highest BCUT2D eigenvalue weighted by molar-refractivity contribution is 6.30. The number of methoxy groups -OCH3 is 1. The third-order valence-corrected chi connectivity index (χ3v) is 4.92. The van der Waals surface area contributed by atoms with Crippen LogP contribution in [-0.2, 0) is 11.3 Å². The van der Waals surface area contributed by atoms with Crippen LogP contribution in [0.2, 0.25) is 5.02 Å². The molecule has 0 spiro atoms. The maximum atomic E-state index is 13.3. The lowest BCUT2D eigenvalue weighted by molar-refractivity contribution is 0.0601. The molecule has 0 saturated carbocycles. The summed E-state index contributed by atoms with van der Waals surface area (Å²) in [5, 5.41) is 4.29. The summed E-state index contributed by atoms with van der Waals surface area (Å²) in [4.78, 5) is 29.8. The fourth-order valence-corrected chi connectivity index (χ4v) is 3.28. The first-order valence-corrected chi connectivity index (χ1v) is 9.63. The SMILES string of the molecule is COC(=O)c1ccc2c(=O)n(-c3ccccc3)c(NCc3ccc(Cl)cc3)nc2c1. The van der Waals surface area contributed by atoms with Gasteiger partial charge >= 0.3 is 5.97 Å². The third kappa shape index (κ3) is 3.90. The van der Waals surface area contributed by atoms with Crippen molar-refractivity contribution < 1.29 is 9.53 Å². The van der Waals surface area contributed by atoms with Crippen LogP contribution in [0.3, 0.4) is 0 Å². The van der Waals surface area contributed by atoms with Crippen molar-refractivity contribution >= 4 is 34.4 Å². The number of anilines is 1. The van der Waals surface area contributed by atoms with Crippen LogP contribution in [0.5, 0.6) is 0 Å². The minimum absolute atomic E-state index is 0.235. The maximum Gasteiger partial charge on any atom is 0.337 e. The second-order valence-corrected chi connectivity index (χ2v) is 7.05. The normalized spacial score (nSPS) is 10.7. The van der Waals surface area contributed by atoms with Gasteiger partial charge in [0.25, 0.3) is 5.56 Å². The number of carbonyl (C=O) groups is 1. The second-order valence-electron chi connectivity index (χ2n) is 6.62. The molecule has 3 aromatic carbocycles. The highest BCUT2D eigenvalue weighted by Crippen LogP contribution is 2.19. The molecule has 7 heteroatoms. The average molecular weight is 420 g/mol. The van der Waals surface area contributed by atoms with Crippen molar-refractivity contribution in [2.24, 2.45) is 0 Å². The van der Waals surface area contributed by atoms with Crippen molar-refractivity contribution in [2.75, 3.05) is 12.4 Å². The van der Waals surface area contributed by atoms with E-state index >= 15 is 0 Å². The van der Waals surface area contributed by atoms with Gasteiger partial charge in [0.2, 0.25) is 5.95 Å². The van der Waals surface area contributed by atoms with Gasteiger partial charge in [-0.15, -0.1) is 0 Å². The number of nitrogens with zero attached hydrogens (tertiary/aromatic N) is 2. The molecular weight excluding hydrogens is 402 g/mol. The number of nitrogens with one attached hydrogen (secondary N) is 1. The predicted octanol–water partition coefficient (Wildman–Crippen LogP) is 4.44. The van der Waals surface area contributed by atoms with Gasteiger partial charge in [0.1, 0.15) is 0 Å². The van der Waals surface area contributed by atoms with Crippen LogP contribution in [0.15, 0.2) is 77.6 Å². The molecule has 0 atom stereocenters. The van der Waals surface area contributed by atoms with Gasteiger partial charge in [0.05, 0.1) is 29.3 Å². The van der Waals surface area contributed by atoms with E-state index in [0.29, 0.717) is 39.7 Å². The van der Waals surface area contributed by atoms with E-state index in [2.05, 4.69) is 10.3 Å². The quantitative estimate of drug-likeness (QED) is 0.484. The van der Waals surface area contributed by atoms with Gasteiger partial charge in [-0.1, -0.05) is 41.9 Å². The Labute approximate surface area is 177 Å². The number of hydrogen-bond acceptors (Lipinski definition) is 5. The molecule has 0 saturated heterocycles. The first-order valence-electron chi connectivity index (χ1n) is 9.25. The fraction of sp³-hybridized carbons (Fsp3) is 0.0870. The van der Waals surface area contributed by atoms with E-state index in [1.54, 1.807) is 30.3 Å². The molecule has 30 heavy (non-hydrogen) atoms. The van der Waals surface area contributed by atoms with Gasteiger partial charge in [-0.25, -0.2) is 14.3 Å². The van der Waals surface area contributed by atoms with E-state index in [4.69, 9.17) is 16.3 Å². The second kappa shape index (κ2) is 8.39. The highest BCUT2D eigenvalue weighted by atomic mass is 35.5. The maximum absolute atomic E-state index is 13.3. The first-order chi connectivity index (χ1) is 14.6. The molecule has 0 radical (unpaired) electrons. The number of hydrogen-bond donors (Lipinski definition) is 1. The Bertz CT molecular complexity index is 1270. The van der Waals surface area contributed by atoms with Crippen LogP contribution in [-0.4, -0.2) is 22.6 Å². The summed E-state index contributed by atoms with van der Waals surface area (Å²) >= 11 is 5.96. The van der Waals surface area contributed by atoms with Gasteiger partial charge in [-0.3, -0.25) is 4.79 Å². The molecule has 1 heterocycles. The topological polar surface area (TPSA) is 73.2 Å². The van der Waals surface area contributed by atoms with E-state index < -0.39 is 5.97 Å². The average Bonchev–Trinajstić information content (AvgIpc) is 2.78. The standard InChI is InChI=1S/C23H18ClN3O3/c1-30-22(29)16-9-12-19-20(13-16)26-23(25-14-15-7-10-17(24)11-8-15)27(21(19)28)18-5-3-2-4-6-18/h2-13H,14H2,1H3,(H,25,26). The summed E-state index contributed by atoms with van der Waals surface area (Å²) in [5.41, 5.74) is 2.18. The molecule has 6 nitrogen and oxygen atoms in total. The predicted molar refractivity (Wildman–Crippen MR) is 117 cm³/mol. The summed E-state index contributed by atoms with van der Waals surface area (Å²) in [6, 6.07) is 21.4. The Balaban J connectivity index is 1.84. The lowest BCUT2D eigenvalue weighted by Gasteiger charge is -2.15. The number of para-hydroxylation sites is 1. The molecule has 0 amide bonds. The molecule has 4 rings (SSSR count). The molecule has 1 N–H and O–H groups in total. The molecule has 150 valence electrons. The summed E-state index contributed by atoms with van der Waals surface area (Å²) < 4.78 is 6.30. The van der Waals surface area contributed by atoms with Crippen LogP contribution in [0, 0.1) is 0 Å². The largest absolute Gasteiger partial charge is 0.465 e. The Hall–Kier alpha value is -3.64. The fourth-order valence-electron chi connectivity index (χ4n) is 3.15. The lowest BCUT2D eigenvalue weighted by atomic mass is 10.1. The molecule has 0 unspecified atom stereocenters. The van der Waals surface area contributed by atoms with Crippen LogP contribution >= 0.6 is 11.6 Å². The summed E-state index contributed by atoms with van der Waals surface area (Å²) in [5.74, 6) is -0.114. The van der Waals surface area contributed by atoms with Gasteiger partial charge < -0.3 is 10.1 Å². The smallest absolute Gasteiger partial charge is 0.337 e. The number of benzene rings is 3. The molecule has 0 fully saturated rings. The minimum atomic E-state index is -0.485. The molecule has 0 bridgehead atoms. The Morgan fingerprint density at radius 3 is 2.50 bits per heavy atom. The van der Waals surface area contributed by atoms with Crippen LogP contribution in [0.1, 0.15) is 15.9 Å². The number of rotatable bonds is 5. The highest BCUT2D eigenvalue weighted by Gasteiger charge is 2.15. The van der Waals surface area contributed by atoms with Crippen LogP contribution in [0.25, 0.3) is 16.6 Å². The summed E-state index contributed by atoms with van der Waals surface area (Å²) in [7, 11) is 1.31. The number of halogens is 1. The van der Waals surface area contributed by atoms with Crippen molar-refractivity contribution in [3.05, 3.63) is 99.3 Å². The van der Waals surface area contributed by atoms with Crippen molar-refractivity contribution in [2.45, 2.75) is 6.54 Å². The number of ether oxygens (including phenoxy) is 1. The minimum Gasteiger partial charge on any atom is -0.465 e. The number of carbonyl (C=O) groups excluding carboxylic acids is 1. The molecule has 0 aliphatic rings. The van der Waals surface area contributed by atoms with Gasteiger partial charge in [-0.2, -0.15) is 0 Å². The van der Waals surface area contributed by atoms with E-state index in [1.165, 1.54) is 11.7 Å². The molecule has 1 aromatic heterocycles. The Kier molecular flexibility index (Phi) is 5.50. The van der Waals surface area contributed by atoms with E-state index in [9.17, 15) is 9.59 Å². The molecule has 4 aromatic rings. The van der Waals surface area contributed by atoms with E-state index in [-0.39, 0.29) is 5.56 Å². The zero-order valence-electron chi connectivity index (χ0n) is 16.1. The summed E-state index contributed by atoms with van der Waals surface area (Å²) in [6.45, 7) is 0.443. The van der Waals surface area contributed by atoms with Crippen molar-refractivity contribution in [3.63, 3.8) is 0 Å². The van der Waals surface area contributed by atoms with Crippen LogP contribution < -0.4 is 10.9 Å². The number of esters is 1. The van der Waals surface area contributed by atoms with E-state index in [1.807, 2.05) is 42.5 Å². The molecule has 0 aliphatic carbocycles. The van der Waals surface area contributed by atoms with E-state index in [0.717, 1.165) is 5.56 Å². The first kappa shape index (κ1) is 19.7. The Morgan fingerprint density at radius 2 is 1.80 bits per heavy atom. The Morgan fingerprint density at radius 1 is 1.07 bits per heavy atom. The monoisotopic (exact) mass is 419 g/mol. The zero-order valence-corrected chi connectivity index (χ0v) is 16.9. The molecule has 0 aliphatic heterocycles. The lowest BCUT2D eigenvalue weighted by Crippen LogP contribution is -2.24. The zero-order chi connectivity index (χ0) is 21.1. The van der Waals surface area contributed by atoms with Crippen molar-refractivity contribution in [1.29, 1.82) is 0 Å². The third-order valence-electron chi connectivity index (χ3n) is 4.67. The van der Waals surface area contributed by atoms with Gasteiger partial charge in [0, 0.05) is 11.6 Å². The van der Waals surface area contributed by atoms with Crippen LogP contribution in [0.4, 0.5) is 5.95 Å². The van der Waals surface area contributed by atoms with Gasteiger partial charge in [-0.05, 0) is 48.0 Å². The number of aromatic nitrogens is 2.